The minimum absolute atomic E-state index is 0.996. The largest absolute Gasteiger partial charge is 0.309 e. The number of thiazole rings is 1. The van der Waals surface area contributed by atoms with Gasteiger partial charge in [0.25, 0.3) is 0 Å². The molecule has 5 heteroatoms. The highest BCUT2D eigenvalue weighted by Crippen LogP contribution is 2.44. The Hall–Kier alpha value is -5.75. The first-order valence-corrected chi connectivity index (χ1v) is 17.8. The molecule has 48 heavy (non-hydrogen) atoms. The lowest BCUT2D eigenvalue weighted by Crippen LogP contribution is -1.93. The standard InChI is InChI=1S/C43H25N3S2/c1-2-11-27(12-3-1)45-33-17-7-4-13-29(33)30-22-21-26(25-36(30)45)28-16-10-19-35-40(28)31-14-5-8-18-34(31)46(35)43-44-42-39(48-43)24-23-38-41(42)32-15-6-9-20-37(32)47-38/h1-25H. The van der Waals surface area contributed by atoms with Gasteiger partial charge >= 0.3 is 0 Å². The van der Waals surface area contributed by atoms with E-state index in [4.69, 9.17) is 4.98 Å². The van der Waals surface area contributed by atoms with Crippen LogP contribution >= 0.6 is 22.7 Å². The van der Waals surface area contributed by atoms with Crippen LogP contribution in [0.3, 0.4) is 0 Å². The molecule has 4 aromatic heterocycles. The van der Waals surface area contributed by atoms with Gasteiger partial charge in [-0.2, -0.15) is 0 Å². The van der Waals surface area contributed by atoms with Gasteiger partial charge in [0, 0.05) is 47.4 Å². The molecule has 11 rings (SSSR count). The average Bonchev–Trinajstić information content (AvgIpc) is 3.90. The van der Waals surface area contributed by atoms with Crippen molar-refractivity contribution in [1.29, 1.82) is 0 Å². The van der Waals surface area contributed by atoms with Gasteiger partial charge in [-0.15, -0.1) is 11.3 Å². The minimum Gasteiger partial charge on any atom is -0.309 e. The number of nitrogens with zero attached hydrogens (tertiary/aromatic N) is 3. The van der Waals surface area contributed by atoms with Crippen molar-refractivity contribution in [1.82, 2.24) is 14.1 Å². The van der Waals surface area contributed by atoms with E-state index < -0.39 is 0 Å². The van der Waals surface area contributed by atoms with Gasteiger partial charge in [-0.1, -0.05) is 108 Å². The number of para-hydroxylation sites is 3. The number of benzene rings is 7. The lowest BCUT2D eigenvalue weighted by Gasteiger charge is -2.10. The maximum absolute atomic E-state index is 5.40. The zero-order valence-corrected chi connectivity index (χ0v) is 27.2. The van der Waals surface area contributed by atoms with E-state index in [9.17, 15) is 0 Å². The van der Waals surface area contributed by atoms with E-state index in [1.807, 2.05) is 11.3 Å². The highest BCUT2D eigenvalue weighted by molar-refractivity contribution is 7.26. The van der Waals surface area contributed by atoms with Crippen molar-refractivity contribution in [2.75, 3.05) is 0 Å². The van der Waals surface area contributed by atoms with Gasteiger partial charge in [0.1, 0.15) is 0 Å². The van der Waals surface area contributed by atoms with Crippen LogP contribution in [-0.4, -0.2) is 14.1 Å². The Morgan fingerprint density at radius 2 is 1.10 bits per heavy atom. The second kappa shape index (κ2) is 9.88. The number of hydrogen-bond donors (Lipinski definition) is 0. The van der Waals surface area contributed by atoms with Crippen LogP contribution in [0.15, 0.2) is 152 Å². The van der Waals surface area contributed by atoms with E-state index in [0.717, 1.165) is 10.6 Å². The summed E-state index contributed by atoms with van der Waals surface area (Å²) in [6.07, 6.45) is 0. The van der Waals surface area contributed by atoms with Crippen LogP contribution in [0.2, 0.25) is 0 Å². The van der Waals surface area contributed by atoms with Crippen molar-refractivity contribution >= 4 is 96.7 Å². The molecule has 0 saturated carbocycles. The third-order valence-electron chi connectivity index (χ3n) is 9.78. The summed E-state index contributed by atoms with van der Waals surface area (Å²) >= 11 is 3.62. The molecule has 7 aromatic carbocycles. The summed E-state index contributed by atoms with van der Waals surface area (Å²) in [6, 6.07) is 55.1. The van der Waals surface area contributed by atoms with Gasteiger partial charge in [0.2, 0.25) is 0 Å². The fraction of sp³-hybridized carbons (Fsp3) is 0. The molecule has 0 atom stereocenters. The van der Waals surface area contributed by atoms with Crippen molar-refractivity contribution in [2.24, 2.45) is 0 Å². The summed E-state index contributed by atoms with van der Waals surface area (Å²) in [5.74, 6) is 0. The normalized spacial score (nSPS) is 12.2. The lowest BCUT2D eigenvalue weighted by atomic mass is 9.98. The topological polar surface area (TPSA) is 22.8 Å². The fourth-order valence-corrected chi connectivity index (χ4v) is 9.86. The van der Waals surface area contributed by atoms with Gasteiger partial charge in [-0.3, -0.25) is 4.57 Å². The molecule has 0 amide bonds. The lowest BCUT2D eigenvalue weighted by molar-refractivity contribution is 1.15. The predicted molar refractivity (Wildman–Crippen MR) is 207 cm³/mol. The third kappa shape index (κ3) is 3.60. The summed E-state index contributed by atoms with van der Waals surface area (Å²) in [5, 5.41) is 8.55. The Kier molecular flexibility index (Phi) is 5.42. The van der Waals surface area contributed by atoms with Crippen LogP contribution in [0.1, 0.15) is 0 Å². The maximum atomic E-state index is 5.40. The van der Waals surface area contributed by atoms with E-state index in [1.54, 1.807) is 11.3 Å². The van der Waals surface area contributed by atoms with Crippen molar-refractivity contribution in [3.8, 4) is 21.9 Å². The molecule has 0 aliphatic heterocycles. The second-order valence-electron chi connectivity index (χ2n) is 12.4. The van der Waals surface area contributed by atoms with Crippen molar-refractivity contribution in [3.63, 3.8) is 0 Å². The van der Waals surface area contributed by atoms with E-state index in [-0.39, 0.29) is 0 Å². The smallest absolute Gasteiger partial charge is 0.195 e. The highest BCUT2D eigenvalue weighted by atomic mass is 32.1. The molecule has 0 saturated heterocycles. The molecule has 0 spiro atoms. The molecule has 3 nitrogen and oxygen atoms in total. The van der Waals surface area contributed by atoms with E-state index in [1.165, 1.54) is 85.3 Å². The van der Waals surface area contributed by atoms with Crippen molar-refractivity contribution in [2.45, 2.75) is 0 Å². The molecule has 0 aliphatic carbocycles. The predicted octanol–water partition coefficient (Wildman–Crippen LogP) is 12.5. The summed E-state index contributed by atoms with van der Waals surface area (Å²) in [7, 11) is 0. The maximum Gasteiger partial charge on any atom is 0.195 e. The van der Waals surface area contributed by atoms with E-state index in [2.05, 4.69) is 161 Å². The van der Waals surface area contributed by atoms with Crippen LogP contribution in [0.5, 0.6) is 0 Å². The summed E-state index contributed by atoms with van der Waals surface area (Å²) < 4.78 is 8.57. The van der Waals surface area contributed by atoms with Crippen LogP contribution < -0.4 is 0 Å². The number of aromatic nitrogens is 3. The average molecular weight is 648 g/mol. The van der Waals surface area contributed by atoms with Crippen LogP contribution in [0, 0.1) is 0 Å². The molecule has 0 unspecified atom stereocenters. The Labute approximate surface area is 283 Å². The molecule has 224 valence electrons. The first-order valence-electron chi connectivity index (χ1n) is 16.1. The quantitative estimate of drug-likeness (QED) is 0.187. The van der Waals surface area contributed by atoms with Crippen LogP contribution in [0.25, 0.3) is 95.9 Å². The van der Waals surface area contributed by atoms with Crippen LogP contribution in [0.4, 0.5) is 0 Å². The number of fused-ring (bicyclic) bond motifs is 11. The van der Waals surface area contributed by atoms with Crippen molar-refractivity contribution < 1.29 is 0 Å². The van der Waals surface area contributed by atoms with Gasteiger partial charge in [0.05, 0.1) is 32.3 Å². The second-order valence-corrected chi connectivity index (χ2v) is 14.4. The number of hydrogen-bond acceptors (Lipinski definition) is 3. The molecule has 0 radical (unpaired) electrons. The van der Waals surface area contributed by atoms with E-state index >= 15 is 0 Å². The summed E-state index contributed by atoms with van der Waals surface area (Å²) in [6.45, 7) is 0. The van der Waals surface area contributed by atoms with Crippen molar-refractivity contribution in [3.05, 3.63) is 152 Å². The van der Waals surface area contributed by atoms with Crippen LogP contribution in [-0.2, 0) is 0 Å². The van der Waals surface area contributed by atoms with E-state index in [0.29, 0.717) is 0 Å². The Morgan fingerprint density at radius 3 is 1.98 bits per heavy atom. The number of rotatable bonds is 3. The first kappa shape index (κ1) is 26.3. The highest BCUT2D eigenvalue weighted by Gasteiger charge is 2.21. The molecular formula is C43H25N3S2. The molecule has 0 bridgehead atoms. The van der Waals surface area contributed by atoms with Gasteiger partial charge in [-0.05, 0) is 65.7 Å². The zero-order chi connectivity index (χ0) is 31.3. The Morgan fingerprint density at radius 1 is 0.417 bits per heavy atom. The SMILES string of the molecule is c1ccc(-n2c3ccccc3c3ccc(-c4cccc5c4c4ccccc4n5-c4nc5c(ccc6sc7ccccc7c65)s4)cc32)cc1. The first-order chi connectivity index (χ1) is 23.8. The molecule has 0 fully saturated rings. The summed E-state index contributed by atoms with van der Waals surface area (Å²) in [5.41, 5.74) is 9.44. The Bertz CT molecular complexity index is 3070. The van der Waals surface area contributed by atoms with Gasteiger partial charge in [0.15, 0.2) is 5.13 Å². The zero-order valence-electron chi connectivity index (χ0n) is 25.6. The molecular weight excluding hydrogens is 623 g/mol. The van der Waals surface area contributed by atoms with Gasteiger partial charge < -0.3 is 4.57 Å². The molecule has 4 heterocycles. The fourth-order valence-electron chi connectivity index (χ4n) is 7.74. The van der Waals surface area contributed by atoms with Gasteiger partial charge in [-0.25, -0.2) is 4.98 Å². The monoisotopic (exact) mass is 647 g/mol. The molecule has 11 aromatic rings. The summed E-state index contributed by atoms with van der Waals surface area (Å²) in [4.78, 5) is 5.40. The third-order valence-corrected chi connectivity index (χ3v) is 11.9. The molecule has 0 aliphatic rings. The Balaban J connectivity index is 1.18. The number of thiophene rings is 1. The minimum atomic E-state index is 0.996. The molecule has 0 N–H and O–H groups in total.